The van der Waals surface area contributed by atoms with Gasteiger partial charge in [0.2, 0.25) is 5.71 Å². The Hall–Kier alpha value is -2.68. The van der Waals surface area contributed by atoms with E-state index in [1.807, 2.05) is 64.1 Å². The first-order valence-electron chi connectivity index (χ1n) is 9.44. The van der Waals surface area contributed by atoms with Crippen LogP contribution in [-0.2, 0) is 6.37 Å². The van der Waals surface area contributed by atoms with E-state index in [-0.39, 0.29) is 0 Å². The van der Waals surface area contributed by atoms with E-state index >= 15 is 0 Å². The maximum Gasteiger partial charge on any atom is 0.227 e. The number of benzene rings is 1. The lowest BCUT2D eigenvalue weighted by Gasteiger charge is -2.18. The standard InChI is InChI=1S/C22H22N2O/c1-14-8-9-17-16-6-5-7-18(20(16)25-21(17)24-14)19-12-15(10-11-23-19)13-22(2,3)4/h5-12H,13H2,1-4H3/i13D2. The van der Waals surface area contributed by atoms with Crippen LogP contribution >= 0.6 is 0 Å². The third kappa shape index (κ3) is 3.02. The number of aryl methyl sites for hydroxylation is 1. The number of aromatic nitrogens is 2. The second kappa shape index (κ2) is 5.69. The molecule has 0 atom stereocenters. The van der Waals surface area contributed by atoms with Crippen LogP contribution in [0.15, 0.2) is 53.1 Å². The number of rotatable bonds is 2. The van der Waals surface area contributed by atoms with Crippen LogP contribution in [0.3, 0.4) is 0 Å². The highest BCUT2D eigenvalue weighted by molar-refractivity contribution is 6.08. The molecule has 0 aliphatic rings. The average molecular weight is 332 g/mol. The Bertz CT molecular complexity index is 1160. The minimum absolute atomic E-state index is 0.529. The molecule has 4 rings (SSSR count). The van der Waals surface area contributed by atoms with E-state index in [1.165, 1.54) is 0 Å². The number of hydrogen-bond donors (Lipinski definition) is 0. The van der Waals surface area contributed by atoms with E-state index in [0.29, 0.717) is 17.0 Å². The molecule has 3 heteroatoms. The fourth-order valence-corrected chi connectivity index (χ4v) is 3.06. The Morgan fingerprint density at radius 2 is 1.92 bits per heavy atom. The Morgan fingerprint density at radius 1 is 1.08 bits per heavy atom. The largest absolute Gasteiger partial charge is 0.437 e. The molecule has 0 amide bonds. The van der Waals surface area contributed by atoms with Gasteiger partial charge >= 0.3 is 0 Å². The van der Waals surface area contributed by atoms with Crippen LogP contribution in [0, 0.1) is 12.3 Å². The van der Waals surface area contributed by atoms with Crippen LogP contribution < -0.4 is 0 Å². The number of furan rings is 1. The van der Waals surface area contributed by atoms with Gasteiger partial charge in [-0.05, 0) is 54.6 Å². The zero-order valence-electron chi connectivity index (χ0n) is 16.9. The fourth-order valence-electron chi connectivity index (χ4n) is 3.06. The maximum absolute atomic E-state index is 8.56. The molecule has 3 nitrogen and oxygen atoms in total. The summed E-state index contributed by atoms with van der Waals surface area (Å²) in [7, 11) is 0. The number of hydrogen-bond acceptors (Lipinski definition) is 3. The van der Waals surface area contributed by atoms with Crippen molar-refractivity contribution in [2.45, 2.75) is 34.1 Å². The Morgan fingerprint density at radius 3 is 2.72 bits per heavy atom. The van der Waals surface area contributed by atoms with Gasteiger partial charge in [0.1, 0.15) is 5.58 Å². The summed E-state index contributed by atoms with van der Waals surface area (Å²) >= 11 is 0. The molecule has 0 aliphatic carbocycles. The molecule has 0 bridgehead atoms. The molecule has 0 radical (unpaired) electrons. The molecule has 126 valence electrons. The summed E-state index contributed by atoms with van der Waals surface area (Å²) in [6, 6.07) is 13.5. The Kier molecular flexibility index (Phi) is 3.10. The summed E-state index contributed by atoms with van der Waals surface area (Å²) in [6.07, 6.45) is 0.184. The average Bonchev–Trinajstić information content (AvgIpc) is 2.98. The van der Waals surface area contributed by atoms with Gasteiger partial charge in [0.25, 0.3) is 0 Å². The molecule has 0 N–H and O–H groups in total. The highest BCUT2D eigenvalue weighted by Gasteiger charge is 2.16. The third-order valence-corrected chi connectivity index (χ3v) is 4.06. The highest BCUT2D eigenvalue weighted by Crippen LogP contribution is 2.35. The molecule has 1 aromatic carbocycles. The van der Waals surface area contributed by atoms with Crippen LogP contribution in [0.1, 0.15) is 34.8 Å². The lowest BCUT2D eigenvalue weighted by molar-refractivity contribution is 0.411. The van der Waals surface area contributed by atoms with Crippen LogP contribution in [0.2, 0.25) is 0 Å². The molecular weight excluding hydrogens is 308 g/mol. The number of para-hydroxylation sites is 1. The first-order chi connectivity index (χ1) is 12.7. The molecule has 25 heavy (non-hydrogen) atoms. The predicted molar refractivity (Wildman–Crippen MR) is 103 cm³/mol. The van der Waals surface area contributed by atoms with Gasteiger partial charge in [0.15, 0.2) is 0 Å². The Labute approximate surface area is 150 Å². The second-order valence-electron chi connectivity index (χ2n) is 7.39. The first-order valence-corrected chi connectivity index (χ1v) is 8.44. The molecule has 0 fully saturated rings. The van der Waals surface area contributed by atoms with Crippen molar-refractivity contribution in [3.8, 4) is 11.3 Å². The van der Waals surface area contributed by atoms with E-state index in [1.54, 1.807) is 12.3 Å². The van der Waals surface area contributed by atoms with E-state index in [9.17, 15) is 0 Å². The summed E-state index contributed by atoms with van der Waals surface area (Å²) in [4.78, 5) is 8.99. The smallest absolute Gasteiger partial charge is 0.227 e. The van der Waals surface area contributed by atoms with Crippen molar-refractivity contribution in [2.75, 3.05) is 0 Å². The van der Waals surface area contributed by atoms with Crippen molar-refractivity contribution >= 4 is 22.1 Å². The van der Waals surface area contributed by atoms with E-state index in [4.69, 9.17) is 7.16 Å². The fraction of sp³-hybridized carbons (Fsp3) is 0.273. The third-order valence-electron chi connectivity index (χ3n) is 4.06. The van der Waals surface area contributed by atoms with Gasteiger partial charge in [-0.2, -0.15) is 0 Å². The van der Waals surface area contributed by atoms with Crippen molar-refractivity contribution in [2.24, 2.45) is 5.41 Å². The summed E-state index contributed by atoms with van der Waals surface area (Å²) in [5.74, 6) is 0. The van der Waals surface area contributed by atoms with Gasteiger partial charge < -0.3 is 4.42 Å². The monoisotopic (exact) mass is 332 g/mol. The molecule has 0 saturated carbocycles. The minimum Gasteiger partial charge on any atom is -0.437 e. The predicted octanol–water partition coefficient (Wildman–Crippen LogP) is 5.94. The van der Waals surface area contributed by atoms with Gasteiger partial charge in [-0.25, -0.2) is 4.98 Å². The maximum atomic E-state index is 8.56. The number of pyridine rings is 2. The first kappa shape index (κ1) is 13.6. The quantitative estimate of drug-likeness (QED) is 0.456. The van der Waals surface area contributed by atoms with Crippen molar-refractivity contribution in [3.05, 3.63) is 59.9 Å². The Balaban J connectivity index is 1.93. The van der Waals surface area contributed by atoms with Crippen molar-refractivity contribution < 1.29 is 7.16 Å². The SMILES string of the molecule is [2H]C([2H])(c1ccnc(-c2cccc3c2oc2nc(C)ccc23)c1)C(C)(C)C. The molecule has 0 saturated heterocycles. The number of fused-ring (bicyclic) bond motifs is 3. The molecule has 0 aliphatic heterocycles. The number of nitrogens with zero attached hydrogens (tertiary/aromatic N) is 2. The van der Waals surface area contributed by atoms with Gasteiger partial charge in [-0.1, -0.05) is 32.9 Å². The zero-order valence-corrected chi connectivity index (χ0v) is 14.9. The van der Waals surface area contributed by atoms with Crippen LogP contribution in [0.5, 0.6) is 0 Å². The lowest BCUT2D eigenvalue weighted by atomic mass is 9.88. The molecular formula is C22H22N2O. The van der Waals surface area contributed by atoms with Crippen LogP contribution in [0.25, 0.3) is 33.3 Å². The normalized spacial score (nSPS) is 13.9. The summed E-state index contributed by atoms with van der Waals surface area (Å²) in [6.45, 7) is 7.65. The topological polar surface area (TPSA) is 38.9 Å². The van der Waals surface area contributed by atoms with Crippen LogP contribution in [0.4, 0.5) is 0 Å². The van der Waals surface area contributed by atoms with E-state index < -0.39 is 11.8 Å². The molecule has 0 unspecified atom stereocenters. The summed E-state index contributed by atoms with van der Waals surface area (Å²) < 4.78 is 23.2. The van der Waals surface area contributed by atoms with Crippen LogP contribution in [-0.4, -0.2) is 9.97 Å². The highest BCUT2D eigenvalue weighted by atomic mass is 16.3. The van der Waals surface area contributed by atoms with Gasteiger partial charge in [0, 0.05) is 31.0 Å². The van der Waals surface area contributed by atoms with E-state index in [0.717, 1.165) is 27.6 Å². The molecule has 4 aromatic rings. The van der Waals surface area contributed by atoms with E-state index in [2.05, 4.69) is 9.97 Å². The summed E-state index contributed by atoms with van der Waals surface area (Å²) in [5.41, 5.74) is 3.86. The van der Waals surface area contributed by atoms with Crippen molar-refractivity contribution in [3.63, 3.8) is 0 Å². The minimum atomic E-state index is -1.48. The summed E-state index contributed by atoms with van der Waals surface area (Å²) in [5, 5.41) is 1.96. The lowest BCUT2D eigenvalue weighted by Crippen LogP contribution is -2.09. The van der Waals surface area contributed by atoms with Gasteiger partial charge in [0.05, 0.1) is 5.69 Å². The van der Waals surface area contributed by atoms with Gasteiger partial charge in [-0.3, -0.25) is 4.98 Å². The zero-order chi connectivity index (χ0) is 19.4. The molecule has 3 aromatic heterocycles. The van der Waals surface area contributed by atoms with Crippen molar-refractivity contribution in [1.82, 2.24) is 9.97 Å². The molecule has 3 heterocycles. The van der Waals surface area contributed by atoms with Gasteiger partial charge in [-0.15, -0.1) is 0 Å². The van der Waals surface area contributed by atoms with Crippen molar-refractivity contribution in [1.29, 1.82) is 0 Å². The molecule has 0 spiro atoms. The second-order valence-corrected chi connectivity index (χ2v) is 7.39.